The van der Waals surface area contributed by atoms with Gasteiger partial charge < -0.3 is 28.4 Å². The minimum absolute atomic E-state index is 0.206. The van der Waals surface area contributed by atoms with Crippen molar-refractivity contribution in [2.75, 3.05) is 39.6 Å². The van der Waals surface area contributed by atoms with E-state index in [0.717, 1.165) is 13.2 Å². The van der Waals surface area contributed by atoms with Gasteiger partial charge in [-0.2, -0.15) is 0 Å². The molecule has 1 aromatic carbocycles. The Morgan fingerprint density at radius 3 is 1.62 bits per heavy atom. The summed E-state index contributed by atoms with van der Waals surface area (Å²) in [6.45, 7) is 10.9. The molecule has 0 saturated carbocycles. The topological polar surface area (TPSA) is 96.1 Å². The molecule has 2 unspecified atom stereocenters. The first-order chi connectivity index (χ1) is 15.1. The second kappa shape index (κ2) is 10.7. The van der Waals surface area contributed by atoms with Crippen LogP contribution in [0.1, 0.15) is 61.3 Å². The minimum Gasteiger partial charge on any atom is -0.456 e. The van der Waals surface area contributed by atoms with Crippen LogP contribution in [0, 0.1) is 0 Å². The fourth-order valence-electron chi connectivity index (χ4n) is 2.89. The van der Waals surface area contributed by atoms with Gasteiger partial charge in [-0.05, 0) is 45.9 Å². The molecule has 0 spiro atoms. The van der Waals surface area contributed by atoms with E-state index in [1.165, 1.54) is 6.07 Å². The SMILES string of the molecule is CC(C)(CCOCC1CO1)OC(=O)c1cccc(C(=O)OC(C)(C)CCOCC2CO2)c1. The van der Waals surface area contributed by atoms with Gasteiger partial charge in [-0.15, -0.1) is 0 Å². The zero-order chi connectivity index (χ0) is 23.2. The number of hydrogen-bond acceptors (Lipinski definition) is 8. The highest BCUT2D eigenvalue weighted by Gasteiger charge is 2.28. The van der Waals surface area contributed by atoms with Crippen LogP contribution in [-0.2, 0) is 28.4 Å². The Balaban J connectivity index is 1.46. The molecule has 2 saturated heterocycles. The van der Waals surface area contributed by atoms with Gasteiger partial charge in [0.15, 0.2) is 0 Å². The van der Waals surface area contributed by atoms with E-state index < -0.39 is 23.1 Å². The molecule has 0 N–H and O–H groups in total. The fraction of sp³-hybridized carbons (Fsp3) is 0.667. The second-order valence-electron chi connectivity index (χ2n) is 9.44. The lowest BCUT2D eigenvalue weighted by Crippen LogP contribution is -2.31. The van der Waals surface area contributed by atoms with E-state index in [4.69, 9.17) is 28.4 Å². The molecule has 0 bridgehead atoms. The average Bonchev–Trinajstić information content (AvgIpc) is 3.63. The molecule has 0 radical (unpaired) electrons. The average molecular weight is 451 g/mol. The third-order valence-electron chi connectivity index (χ3n) is 5.18. The van der Waals surface area contributed by atoms with E-state index in [-0.39, 0.29) is 12.2 Å². The van der Waals surface area contributed by atoms with Crippen molar-refractivity contribution < 1.29 is 38.0 Å². The summed E-state index contributed by atoms with van der Waals surface area (Å²) in [6.07, 6.45) is 1.52. The van der Waals surface area contributed by atoms with Gasteiger partial charge in [-0.25, -0.2) is 9.59 Å². The number of benzene rings is 1. The van der Waals surface area contributed by atoms with Gasteiger partial charge in [0.25, 0.3) is 0 Å². The van der Waals surface area contributed by atoms with Crippen molar-refractivity contribution in [1.29, 1.82) is 0 Å². The molecular weight excluding hydrogens is 416 g/mol. The molecule has 0 aromatic heterocycles. The summed E-state index contributed by atoms with van der Waals surface area (Å²) in [4.78, 5) is 25.3. The lowest BCUT2D eigenvalue weighted by molar-refractivity contribution is -0.0188. The molecule has 2 fully saturated rings. The maximum atomic E-state index is 12.6. The summed E-state index contributed by atoms with van der Waals surface area (Å²) >= 11 is 0. The Kier molecular flexibility index (Phi) is 8.27. The Morgan fingerprint density at radius 1 is 0.844 bits per heavy atom. The van der Waals surface area contributed by atoms with Crippen LogP contribution < -0.4 is 0 Å². The third kappa shape index (κ3) is 8.86. The quantitative estimate of drug-likeness (QED) is 0.242. The molecule has 3 rings (SSSR count). The van der Waals surface area contributed by atoms with Crippen LogP contribution in [0.25, 0.3) is 0 Å². The first kappa shape index (κ1) is 24.6. The molecule has 8 heteroatoms. The first-order valence-electron chi connectivity index (χ1n) is 11.1. The van der Waals surface area contributed by atoms with Crippen LogP contribution in [0.15, 0.2) is 24.3 Å². The van der Waals surface area contributed by atoms with Crippen molar-refractivity contribution in [3.63, 3.8) is 0 Å². The maximum Gasteiger partial charge on any atom is 0.338 e. The molecule has 0 aliphatic carbocycles. The summed E-state index contributed by atoms with van der Waals surface area (Å²) in [5, 5.41) is 0. The maximum absolute atomic E-state index is 12.6. The molecule has 32 heavy (non-hydrogen) atoms. The Morgan fingerprint density at radius 2 is 1.25 bits per heavy atom. The van der Waals surface area contributed by atoms with Crippen LogP contribution in [-0.4, -0.2) is 75.0 Å². The van der Waals surface area contributed by atoms with E-state index in [1.54, 1.807) is 18.2 Å². The fourth-order valence-corrected chi connectivity index (χ4v) is 2.89. The highest BCUT2D eigenvalue weighted by molar-refractivity contribution is 5.95. The van der Waals surface area contributed by atoms with Crippen LogP contribution in [0.5, 0.6) is 0 Å². The molecule has 1 aromatic rings. The summed E-state index contributed by atoms with van der Waals surface area (Å²) in [5.74, 6) is -0.990. The largest absolute Gasteiger partial charge is 0.456 e. The van der Waals surface area contributed by atoms with Crippen molar-refractivity contribution in [3.05, 3.63) is 35.4 Å². The highest BCUT2D eigenvalue weighted by atomic mass is 16.6. The number of hydrogen-bond donors (Lipinski definition) is 0. The van der Waals surface area contributed by atoms with E-state index in [9.17, 15) is 9.59 Å². The predicted molar refractivity (Wildman–Crippen MR) is 116 cm³/mol. The van der Waals surface area contributed by atoms with Gasteiger partial charge in [0, 0.05) is 12.8 Å². The number of ether oxygens (including phenoxy) is 6. The summed E-state index contributed by atoms with van der Waals surface area (Å²) in [5.41, 5.74) is -0.812. The van der Waals surface area contributed by atoms with E-state index >= 15 is 0 Å². The summed E-state index contributed by atoms with van der Waals surface area (Å²) < 4.78 is 32.6. The van der Waals surface area contributed by atoms with Crippen molar-refractivity contribution in [1.82, 2.24) is 0 Å². The normalized spacial score (nSPS) is 20.0. The number of esters is 2. The van der Waals surface area contributed by atoms with Gasteiger partial charge in [0.05, 0.1) is 50.8 Å². The van der Waals surface area contributed by atoms with Gasteiger partial charge in [0.2, 0.25) is 0 Å². The van der Waals surface area contributed by atoms with E-state index in [0.29, 0.717) is 50.4 Å². The minimum atomic E-state index is -0.703. The zero-order valence-electron chi connectivity index (χ0n) is 19.4. The summed E-state index contributed by atoms with van der Waals surface area (Å²) in [7, 11) is 0. The van der Waals surface area contributed by atoms with Crippen LogP contribution in [0.3, 0.4) is 0 Å². The van der Waals surface area contributed by atoms with Crippen molar-refractivity contribution in [2.45, 2.75) is 63.9 Å². The van der Waals surface area contributed by atoms with E-state index in [2.05, 4.69) is 0 Å². The lowest BCUT2D eigenvalue weighted by atomic mass is 10.0. The van der Waals surface area contributed by atoms with Crippen LogP contribution in [0.4, 0.5) is 0 Å². The Hall–Kier alpha value is -2.00. The molecule has 0 amide bonds. The Bertz CT molecular complexity index is 719. The van der Waals surface area contributed by atoms with Crippen molar-refractivity contribution in [3.8, 4) is 0 Å². The molecule has 178 valence electrons. The first-order valence-corrected chi connectivity index (χ1v) is 11.1. The molecule has 2 heterocycles. The third-order valence-corrected chi connectivity index (χ3v) is 5.18. The van der Waals surface area contributed by atoms with Gasteiger partial charge in [-0.1, -0.05) is 6.07 Å². The number of carbonyl (C=O) groups is 2. The van der Waals surface area contributed by atoms with Crippen molar-refractivity contribution in [2.24, 2.45) is 0 Å². The number of epoxide rings is 2. The van der Waals surface area contributed by atoms with Crippen molar-refractivity contribution >= 4 is 11.9 Å². The molecule has 2 aliphatic rings. The number of rotatable bonds is 14. The highest BCUT2D eigenvalue weighted by Crippen LogP contribution is 2.21. The predicted octanol–water partition coefficient (Wildman–Crippen LogP) is 3.17. The lowest BCUT2D eigenvalue weighted by Gasteiger charge is -2.26. The molecule has 2 atom stereocenters. The van der Waals surface area contributed by atoms with Gasteiger partial charge in [0.1, 0.15) is 23.4 Å². The van der Waals surface area contributed by atoms with Gasteiger partial charge >= 0.3 is 11.9 Å². The zero-order valence-corrected chi connectivity index (χ0v) is 19.4. The summed E-state index contributed by atoms with van der Waals surface area (Å²) in [6, 6.07) is 6.38. The standard InChI is InChI=1S/C24H34O8/c1-23(2,8-10-27-13-19-15-29-19)31-21(25)17-6-5-7-18(12-17)22(26)32-24(3,4)9-11-28-14-20-16-30-20/h5-7,12,19-20H,8-11,13-16H2,1-4H3. The van der Waals surface area contributed by atoms with Gasteiger partial charge in [-0.3, -0.25) is 0 Å². The molecule has 8 nitrogen and oxygen atoms in total. The monoisotopic (exact) mass is 450 g/mol. The van der Waals surface area contributed by atoms with Crippen LogP contribution >= 0.6 is 0 Å². The smallest absolute Gasteiger partial charge is 0.338 e. The Labute approximate surface area is 189 Å². The second-order valence-corrected chi connectivity index (χ2v) is 9.44. The molecular formula is C24H34O8. The van der Waals surface area contributed by atoms with Crippen LogP contribution in [0.2, 0.25) is 0 Å². The molecule has 2 aliphatic heterocycles. The van der Waals surface area contributed by atoms with E-state index in [1.807, 2.05) is 27.7 Å². The number of carbonyl (C=O) groups excluding carboxylic acids is 2.